The summed E-state index contributed by atoms with van der Waals surface area (Å²) in [5.74, 6) is 0.806. The largest absolute Gasteiger partial charge is 0.469 e. The van der Waals surface area contributed by atoms with E-state index in [0.717, 1.165) is 22.1 Å². The van der Waals surface area contributed by atoms with Crippen LogP contribution in [-0.2, 0) is 0 Å². The van der Waals surface area contributed by atoms with Crippen LogP contribution in [0.3, 0.4) is 0 Å². The molecule has 1 amide bonds. The average molecular weight is 347 g/mol. The molecule has 0 radical (unpaired) electrons. The second-order valence-electron chi connectivity index (χ2n) is 5.86. The van der Waals surface area contributed by atoms with Crippen LogP contribution in [0.5, 0.6) is 0 Å². The Bertz CT molecular complexity index is 935. The highest BCUT2D eigenvalue weighted by atomic mass is 32.1. The molecule has 25 heavy (non-hydrogen) atoms. The molecule has 0 saturated carbocycles. The van der Waals surface area contributed by atoms with E-state index in [1.54, 1.807) is 17.6 Å². The van der Waals surface area contributed by atoms with Gasteiger partial charge in [0.05, 0.1) is 12.2 Å². The molecule has 0 spiro atoms. The second kappa shape index (κ2) is 6.95. The van der Waals surface area contributed by atoms with E-state index in [2.05, 4.69) is 16.8 Å². The van der Waals surface area contributed by atoms with Gasteiger partial charge in [0.2, 0.25) is 0 Å². The summed E-state index contributed by atoms with van der Waals surface area (Å²) in [5.41, 5.74) is 1.85. The molecule has 4 rings (SSSR count). The van der Waals surface area contributed by atoms with Gasteiger partial charge in [-0.25, -0.2) is 0 Å². The lowest BCUT2D eigenvalue weighted by Crippen LogP contribution is -2.28. The monoisotopic (exact) mass is 347 g/mol. The van der Waals surface area contributed by atoms with Gasteiger partial charge in [-0.2, -0.15) is 11.3 Å². The molecule has 0 fully saturated rings. The summed E-state index contributed by atoms with van der Waals surface area (Å²) in [6.45, 7) is 0.492. The van der Waals surface area contributed by atoms with Crippen molar-refractivity contribution in [1.29, 1.82) is 0 Å². The molecule has 0 saturated heterocycles. The quantitative estimate of drug-likeness (QED) is 0.548. The number of benzene rings is 2. The first-order chi connectivity index (χ1) is 12.3. The van der Waals surface area contributed by atoms with Crippen LogP contribution < -0.4 is 5.32 Å². The van der Waals surface area contributed by atoms with Crippen LogP contribution in [0.4, 0.5) is 0 Å². The molecule has 1 atom stereocenters. The number of nitrogens with one attached hydrogen (secondary N) is 1. The number of carbonyl (C=O) groups excluding carboxylic acids is 1. The van der Waals surface area contributed by atoms with Gasteiger partial charge in [0.15, 0.2) is 0 Å². The zero-order valence-corrected chi connectivity index (χ0v) is 14.3. The van der Waals surface area contributed by atoms with Gasteiger partial charge in [-0.3, -0.25) is 4.79 Å². The minimum absolute atomic E-state index is 0.0141. The van der Waals surface area contributed by atoms with Crippen molar-refractivity contribution >= 4 is 28.0 Å². The van der Waals surface area contributed by atoms with E-state index >= 15 is 0 Å². The third kappa shape index (κ3) is 3.21. The van der Waals surface area contributed by atoms with Gasteiger partial charge in [0.25, 0.3) is 5.91 Å². The van der Waals surface area contributed by atoms with Crippen molar-refractivity contribution in [3.8, 4) is 0 Å². The number of amides is 1. The first kappa shape index (κ1) is 15.7. The van der Waals surface area contributed by atoms with Crippen LogP contribution in [0.25, 0.3) is 10.8 Å². The maximum absolute atomic E-state index is 12.8. The maximum Gasteiger partial charge on any atom is 0.251 e. The fourth-order valence-electron chi connectivity index (χ4n) is 3.06. The number of hydrogen-bond acceptors (Lipinski definition) is 3. The SMILES string of the molecule is O=C(NCC(c1ccsc1)c1ccco1)c1cccc2ccccc12. The summed E-state index contributed by atoms with van der Waals surface area (Å²) in [6, 6.07) is 19.6. The van der Waals surface area contributed by atoms with Crippen molar-refractivity contribution in [3.05, 3.63) is 94.6 Å². The van der Waals surface area contributed by atoms with E-state index in [4.69, 9.17) is 4.42 Å². The van der Waals surface area contributed by atoms with Crippen LogP contribution in [0.2, 0.25) is 0 Å². The summed E-state index contributed by atoms with van der Waals surface area (Å²) in [4.78, 5) is 12.8. The van der Waals surface area contributed by atoms with Crippen LogP contribution in [-0.4, -0.2) is 12.5 Å². The summed E-state index contributed by atoms with van der Waals surface area (Å²) in [6.07, 6.45) is 1.67. The third-order valence-electron chi connectivity index (χ3n) is 4.33. The summed E-state index contributed by atoms with van der Waals surface area (Å²) >= 11 is 1.64. The van der Waals surface area contributed by atoms with Crippen molar-refractivity contribution < 1.29 is 9.21 Å². The molecule has 3 nitrogen and oxygen atoms in total. The first-order valence-electron chi connectivity index (χ1n) is 8.14. The minimum Gasteiger partial charge on any atom is -0.469 e. The van der Waals surface area contributed by atoms with Crippen LogP contribution in [0, 0.1) is 0 Å². The Hall–Kier alpha value is -2.85. The van der Waals surface area contributed by atoms with Crippen molar-refractivity contribution in [2.24, 2.45) is 0 Å². The molecule has 0 aliphatic heterocycles. The number of carbonyl (C=O) groups is 1. The minimum atomic E-state index is -0.0661. The molecule has 1 N–H and O–H groups in total. The Balaban J connectivity index is 1.58. The molecule has 0 bridgehead atoms. The van der Waals surface area contributed by atoms with Crippen molar-refractivity contribution in [2.75, 3.05) is 6.54 Å². The lowest BCUT2D eigenvalue weighted by atomic mass is 9.99. The Labute approximate surface area is 149 Å². The Morgan fingerprint density at radius 1 is 1.04 bits per heavy atom. The van der Waals surface area contributed by atoms with Crippen LogP contribution >= 0.6 is 11.3 Å². The van der Waals surface area contributed by atoms with Crippen LogP contribution in [0.1, 0.15) is 27.6 Å². The predicted molar refractivity (Wildman–Crippen MR) is 101 cm³/mol. The lowest BCUT2D eigenvalue weighted by molar-refractivity contribution is 0.0953. The predicted octanol–water partition coefficient (Wildman–Crippen LogP) is 5.06. The standard InChI is InChI=1S/C21H17NO2S/c23-21(18-8-3-6-15-5-1-2-7-17(15)18)22-13-19(16-10-12-25-14-16)20-9-4-11-24-20/h1-12,14,19H,13H2,(H,22,23). The maximum atomic E-state index is 12.8. The lowest BCUT2D eigenvalue weighted by Gasteiger charge is -2.15. The molecular weight excluding hydrogens is 330 g/mol. The van der Waals surface area contributed by atoms with Gasteiger partial charge < -0.3 is 9.73 Å². The Kier molecular flexibility index (Phi) is 4.36. The highest BCUT2D eigenvalue weighted by Gasteiger charge is 2.19. The number of hydrogen-bond donors (Lipinski definition) is 1. The van der Waals surface area contributed by atoms with Gasteiger partial charge >= 0.3 is 0 Å². The molecule has 0 aliphatic carbocycles. The van der Waals surface area contributed by atoms with E-state index in [9.17, 15) is 4.79 Å². The summed E-state index contributed by atoms with van der Waals surface area (Å²) in [5, 5.41) is 9.24. The smallest absolute Gasteiger partial charge is 0.251 e. The van der Waals surface area contributed by atoms with E-state index in [-0.39, 0.29) is 11.8 Å². The summed E-state index contributed by atoms with van der Waals surface area (Å²) in [7, 11) is 0. The van der Waals surface area contributed by atoms with Gasteiger partial charge in [0, 0.05) is 12.1 Å². The van der Waals surface area contributed by atoms with E-state index in [0.29, 0.717) is 12.1 Å². The topological polar surface area (TPSA) is 42.2 Å². The number of thiophene rings is 1. The Morgan fingerprint density at radius 2 is 1.92 bits per heavy atom. The van der Waals surface area contributed by atoms with E-state index in [1.165, 1.54) is 0 Å². The summed E-state index contributed by atoms with van der Waals surface area (Å²) < 4.78 is 5.58. The fourth-order valence-corrected chi connectivity index (χ4v) is 3.77. The first-order valence-corrected chi connectivity index (χ1v) is 9.08. The van der Waals surface area contributed by atoms with Gasteiger partial charge in [-0.05, 0) is 51.4 Å². The molecular formula is C21H17NO2S. The molecule has 124 valence electrons. The van der Waals surface area contributed by atoms with Crippen molar-refractivity contribution in [1.82, 2.24) is 5.32 Å². The van der Waals surface area contributed by atoms with Crippen molar-refractivity contribution in [2.45, 2.75) is 5.92 Å². The van der Waals surface area contributed by atoms with E-state index in [1.807, 2.05) is 60.0 Å². The van der Waals surface area contributed by atoms with Crippen molar-refractivity contribution in [3.63, 3.8) is 0 Å². The molecule has 1 unspecified atom stereocenters. The highest BCUT2D eigenvalue weighted by Crippen LogP contribution is 2.26. The molecule has 0 aliphatic rings. The van der Waals surface area contributed by atoms with Gasteiger partial charge in [0.1, 0.15) is 5.76 Å². The van der Waals surface area contributed by atoms with E-state index < -0.39 is 0 Å². The molecule has 2 heterocycles. The number of furan rings is 1. The average Bonchev–Trinajstić information content (AvgIpc) is 3.36. The number of fused-ring (bicyclic) bond motifs is 1. The molecule has 4 aromatic rings. The third-order valence-corrected chi connectivity index (χ3v) is 5.03. The number of rotatable bonds is 5. The van der Waals surface area contributed by atoms with Gasteiger partial charge in [-0.15, -0.1) is 0 Å². The molecule has 2 aromatic heterocycles. The zero-order valence-electron chi connectivity index (χ0n) is 13.5. The second-order valence-corrected chi connectivity index (χ2v) is 6.64. The Morgan fingerprint density at radius 3 is 2.72 bits per heavy atom. The normalized spacial score (nSPS) is 12.2. The fraction of sp³-hybridized carbons (Fsp3) is 0.0952. The highest BCUT2D eigenvalue weighted by molar-refractivity contribution is 7.08. The zero-order chi connectivity index (χ0) is 17.1. The molecule has 2 aromatic carbocycles. The molecule has 4 heteroatoms. The van der Waals surface area contributed by atoms with Crippen LogP contribution in [0.15, 0.2) is 82.1 Å². The van der Waals surface area contributed by atoms with Gasteiger partial charge in [-0.1, -0.05) is 36.4 Å².